The highest BCUT2D eigenvalue weighted by Gasteiger charge is 2.29. The number of anilines is 1. The van der Waals surface area contributed by atoms with Crippen molar-refractivity contribution in [3.05, 3.63) is 29.8 Å². The molecule has 1 atom stereocenters. The van der Waals surface area contributed by atoms with Crippen LogP contribution in [0.2, 0.25) is 0 Å². The van der Waals surface area contributed by atoms with Crippen molar-refractivity contribution < 1.29 is 0 Å². The number of hydrogen-bond acceptors (Lipinski definition) is 2. The summed E-state index contributed by atoms with van der Waals surface area (Å²) in [6, 6.07) is 9.79. The van der Waals surface area contributed by atoms with Gasteiger partial charge in [0.2, 0.25) is 0 Å². The molecule has 1 aromatic carbocycles. The molecule has 2 nitrogen and oxygen atoms in total. The maximum Gasteiger partial charge on any atom is 0.0401 e. The molecule has 2 aliphatic rings. The zero-order chi connectivity index (χ0) is 13.2. The molecule has 104 valence electrons. The fourth-order valence-electron chi connectivity index (χ4n) is 3.69. The minimum Gasteiger partial charge on any atom is -0.370 e. The second kappa shape index (κ2) is 5.54. The summed E-state index contributed by atoms with van der Waals surface area (Å²) in [7, 11) is 0. The lowest BCUT2D eigenvalue weighted by Gasteiger charge is -2.29. The highest BCUT2D eigenvalue weighted by Crippen LogP contribution is 2.30. The van der Waals surface area contributed by atoms with Crippen LogP contribution in [0.15, 0.2) is 24.3 Å². The van der Waals surface area contributed by atoms with Crippen molar-refractivity contribution in [2.24, 2.45) is 0 Å². The van der Waals surface area contributed by atoms with Gasteiger partial charge in [0.05, 0.1) is 0 Å². The first-order valence-corrected chi connectivity index (χ1v) is 7.83. The summed E-state index contributed by atoms with van der Waals surface area (Å²) < 4.78 is 0. The van der Waals surface area contributed by atoms with Crippen LogP contribution in [0.5, 0.6) is 0 Å². The van der Waals surface area contributed by atoms with E-state index in [4.69, 9.17) is 0 Å². The van der Waals surface area contributed by atoms with E-state index in [-0.39, 0.29) is 0 Å². The average molecular weight is 258 g/mol. The number of para-hydroxylation sites is 1. The summed E-state index contributed by atoms with van der Waals surface area (Å²) in [5, 5.41) is 0. The molecule has 1 unspecified atom stereocenters. The standard InChI is InChI=1S/C17H26N2/c1-14(2)16-8-3-4-9-17(16)19-12-6-11-18-10-5-7-15(18)13-19/h3-4,8-9,14-15H,5-7,10-13H2,1-2H3. The van der Waals surface area contributed by atoms with Gasteiger partial charge in [-0.2, -0.15) is 0 Å². The topological polar surface area (TPSA) is 6.48 Å². The molecular weight excluding hydrogens is 232 g/mol. The Labute approximate surface area is 117 Å². The molecule has 0 N–H and O–H groups in total. The maximum atomic E-state index is 2.71. The Morgan fingerprint density at radius 1 is 1.05 bits per heavy atom. The van der Waals surface area contributed by atoms with Crippen molar-refractivity contribution in [2.45, 2.75) is 45.1 Å². The monoisotopic (exact) mass is 258 g/mol. The van der Waals surface area contributed by atoms with Crippen LogP contribution in [-0.4, -0.2) is 37.1 Å². The summed E-state index contributed by atoms with van der Waals surface area (Å²) in [6.07, 6.45) is 4.09. The fraction of sp³-hybridized carbons (Fsp3) is 0.647. The third-order valence-corrected chi connectivity index (χ3v) is 4.70. The highest BCUT2D eigenvalue weighted by atomic mass is 15.3. The van der Waals surface area contributed by atoms with Gasteiger partial charge in [-0.05, 0) is 43.4 Å². The van der Waals surface area contributed by atoms with Gasteiger partial charge in [-0.3, -0.25) is 4.90 Å². The van der Waals surface area contributed by atoms with E-state index in [1.54, 1.807) is 0 Å². The van der Waals surface area contributed by atoms with E-state index in [1.165, 1.54) is 56.7 Å². The van der Waals surface area contributed by atoms with E-state index < -0.39 is 0 Å². The van der Waals surface area contributed by atoms with E-state index in [2.05, 4.69) is 47.9 Å². The minimum atomic E-state index is 0.610. The molecule has 0 aromatic heterocycles. The summed E-state index contributed by atoms with van der Waals surface area (Å²) in [4.78, 5) is 5.35. The van der Waals surface area contributed by atoms with Gasteiger partial charge in [0.1, 0.15) is 0 Å². The molecule has 2 fully saturated rings. The Hall–Kier alpha value is -1.02. The predicted octanol–water partition coefficient (Wildman–Crippen LogP) is 3.48. The summed E-state index contributed by atoms with van der Waals surface area (Å²) in [6.45, 7) is 9.67. The average Bonchev–Trinajstić information content (AvgIpc) is 2.76. The molecule has 0 amide bonds. The molecule has 3 rings (SSSR count). The van der Waals surface area contributed by atoms with Crippen molar-refractivity contribution in [3.63, 3.8) is 0 Å². The third-order valence-electron chi connectivity index (χ3n) is 4.70. The lowest BCUT2D eigenvalue weighted by atomic mass is 10.00. The first-order chi connectivity index (χ1) is 9.25. The molecule has 1 aromatic rings. The number of rotatable bonds is 2. The lowest BCUT2D eigenvalue weighted by Crippen LogP contribution is -2.37. The van der Waals surface area contributed by atoms with Gasteiger partial charge in [-0.1, -0.05) is 32.0 Å². The van der Waals surface area contributed by atoms with Gasteiger partial charge in [0.15, 0.2) is 0 Å². The van der Waals surface area contributed by atoms with Gasteiger partial charge in [-0.15, -0.1) is 0 Å². The Kier molecular flexibility index (Phi) is 3.79. The van der Waals surface area contributed by atoms with Crippen molar-refractivity contribution in [1.29, 1.82) is 0 Å². The number of fused-ring (bicyclic) bond motifs is 1. The van der Waals surface area contributed by atoms with E-state index in [0.717, 1.165) is 6.04 Å². The van der Waals surface area contributed by atoms with E-state index >= 15 is 0 Å². The zero-order valence-corrected chi connectivity index (χ0v) is 12.3. The van der Waals surface area contributed by atoms with E-state index in [1.807, 2.05) is 0 Å². The van der Waals surface area contributed by atoms with E-state index in [9.17, 15) is 0 Å². The first kappa shape index (κ1) is 13.0. The normalized spacial score (nSPS) is 24.6. The van der Waals surface area contributed by atoms with Gasteiger partial charge in [0, 0.05) is 31.4 Å². The molecular formula is C17H26N2. The fourth-order valence-corrected chi connectivity index (χ4v) is 3.69. The summed E-state index contributed by atoms with van der Waals surface area (Å²) >= 11 is 0. The van der Waals surface area contributed by atoms with Crippen LogP contribution in [0.1, 0.15) is 44.6 Å². The zero-order valence-electron chi connectivity index (χ0n) is 12.3. The van der Waals surface area contributed by atoms with Gasteiger partial charge >= 0.3 is 0 Å². The minimum absolute atomic E-state index is 0.610. The third kappa shape index (κ3) is 2.64. The molecule has 2 aliphatic heterocycles. The molecule has 0 spiro atoms. The van der Waals surface area contributed by atoms with Crippen LogP contribution in [-0.2, 0) is 0 Å². The molecule has 2 saturated heterocycles. The van der Waals surface area contributed by atoms with Crippen molar-refractivity contribution in [2.75, 3.05) is 31.1 Å². The Balaban J connectivity index is 1.85. The van der Waals surface area contributed by atoms with Crippen LogP contribution in [0.4, 0.5) is 5.69 Å². The number of hydrogen-bond donors (Lipinski definition) is 0. The van der Waals surface area contributed by atoms with Crippen molar-refractivity contribution >= 4 is 5.69 Å². The summed E-state index contributed by atoms with van der Waals surface area (Å²) in [5.74, 6) is 0.610. The molecule has 0 saturated carbocycles. The molecule has 19 heavy (non-hydrogen) atoms. The largest absolute Gasteiger partial charge is 0.370 e. The predicted molar refractivity (Wildman–Crippen MR) is 82.0 cm³/mol. The lowest BCUT2D eigenvalue weighted by molar-refractivity contribution is 0.273. The Bertz CT molecular complexity index is 427. The second-order valence-electron chi connectivity index (χ2n) is 6.35. The maximum absolute atomic E-state index is 2.71. The van der Waals surface area contributed by atoms with Crippen molar-refractivity contribution in [1.82, 2.24) is 4.90 Å². The molecule has 0 radical (unpaired) electrons. The van der Waals surface area contributed by atoms with Crippen LogP contribution in [0, 0.1) is 0 Å². The first-order valence-electron chi connectivity index (χ1n) is 7.83. The molecule has 2 heteroatoms. The highest BCUT2D eigenvalue weighted by molar-refractivity contribution is 5.55. The van der Waals surface area contributed by atoms with Crippen LogP contribution < -0.4 is 4.90 Å². The Morgan fingerprint density at radius 3 is 2.68 bits per heavy atom. The van der Waals surface area contributed by atoms with Crippen LogP contribution in [0.25, 0.3) is 0 Å². The van der Waals surface area contributed by atoms with Gasteiger partial charge < -0.3 is 4.90 Å². The number of nitrogens with zero attached hydrogens (tertiary/aromatic N) is 2. The molecule has 0 bridgehead atoms. The van der Waals surface area contributed by atoms with Crippen molar-refractivity contribution in [3.8, 4) is 0 Å². The second-order valence-corrected chi connectivity index (χ2v) is 6.35. The van der Waals surface area contributed by atoms with Crippen LogP contribution >= 0.6 is 0 Å². The molecule has 0 aliphatic carbocycles. The molecule has 2 heterocycles. The summed E-state index contributed by atoms with van der Waals surface area (Å²) in [5.41, 5.74) is 2.99. The SMILES string of the molecule is CC(C)c1ccccc1N1CCCN2CCCC2C1. The Morgan fingerprint density at radius 2 is 1.84 bits per heavy atom. The van der Waals surface area contributed by atoms with Crippen LogP contribution in [0.3, 0.4) is 0 Å². The van der Waals surface area contributed by atoms with Gasteiger partial charge in [-0.25, -0.2) is 0 Å². The van der Waals surface area contributed by atoms with E-state index in [0.29, 0.717) is 5.92 Å². The number of benzene rings is 1. The van der Waals surface area contributed by atoms with Gasteiger partial charge in [0.25, 0.3) is 0 Å². The smallest absolute Gasteiger partial charge is 0.0401 e. The quantitative estimate of drug-likeness (QED) is 0.801.